The fraction of sp³-hybridized carbons (Fsp3) is 0.211. The van der Waals surface area contributed by atoms with E-state index in [1.165, 1.54) is 30.0 Å². The third-order valence-corrected chi connectivity index (χ3v) is 5.16. The Hall–Kier alpha value is -3.20. The van der Waals surface area contributed by atoms with Crippen LogP contribution in [0.5, 0.6) is 0 Å². The highest BCUT2D eigenvalue weighted by Gasteiger charge is 2.32. The SMILES string of the molecule is Cc1ccc(C)c(N=C2NC(=O)[C@H](CC(=O)Nc3cccc([N+](=O)[O-])c3)S2)c1. The van der Waals surface area contributed by atoms with Gasteiger partial charge in [-0.05, 0) is 37.1 Å². The number of aryl methyl sites for hydroxylation is 2. The molecule has 1 fully saturated rings. The van der Waals surface area contributed by atoms with Crippen molar-refractivity contribution < 1.29 is 14.5 Å². The number of carbonyl (C=O) groups excluding carboxylic acids is 2. The fourth-order valence-corrected chi connectivity index (χ4v) is 3.60. The van der Waals surface area contributed by atoms with Gasteiger partial charge in [0.25, 0.3) is 5.69 Å². The number of hydrogen-bond acceptors (Lipinski definition) is 6. The molecule has 1 atom stereocenters. The third kappa shape index (κ3) is 4.74. The Bertz CT molecular complexity index is 990. The molecule has 9 heteroatoms. The zero-order valence-corrected chi connectivity index (χ0v) is 16.1. The largest absolute Gasteiger partial charge is 0.326 e. The van der Waals surface area contributed by atoms with Crippen LogP contribution in [0.15, 0.2) is 47.5 Å². The summed E-state index contributed by atoms with van der Waals surface area (Å²) in [7, 11) is 0. The lowest BCUT2D eigenvalue weighted by atomic mass is 10.1. The van der Waals surface area contributed by atoms with E-state index in [1.54, 1.807) is 6.07 Å². The second-order valence-electron chi connectivity index (χ2n) is 6.36. The van der Waals surface area contributed by atoms with Crippen molar-refractivity contribution in [2.75, 3.05) is 5.32 Å². The molecular weight excluding hydrogens is 380 g/mol. The molecule has 0 aliphatic carbocycles. The molecule has 8 nitrogen and oxygen atoms in total. The van der Waals surface area contributed by atoms with Gasteiger partial charge in [-0.3, -0.25) is 19.7 Å². The summed E-state index contributed by atoms with van der Waals surface area (Å²) in [6.07, 6.45) is -0.0645. The van der Waals surface area contributed by atoms with Crippen LogP contribution in [0.1, 0.15) is 17.5 Å². The maximum atomic E-state index is 12.2. The molecular formula is C19H18N4O4S. The molecule has 1 saturated heterocycles. The summed E-state index contributed by atoms with van der Waals surface area (Å²) in [6.45, 7) is 3.90. The second kappa shape index (κ2) is 8.22. The quantitative estimate of drug-likeness (QED) is 0.591. The van der Waals surface area contributed by atoms with E-state index >= 15 is 0 Å². The highest BCUT2D eigenvalue weighted by Crippen LogP contribution is 2.28. The smallest absolute Gasteiger partial charge is 0.271 e. The Balaban J connectivity index is 1.65. The van der Waals surface area contributed by atoms with Crippen LogP contribution in [0.3, 0.4) is 0 Å². The number of aliphatic imine (C=N–C) groups is 1. The number of amidine groups is 1. The van der Waals surface area contributed by atoms with Gasteiger partial charge in [0, 0.05) is 24.2 Å². The van der Waals surface area contributed by atoms with Crippen LogP contribution >= 0.6 is 11.8 Å². The van der Waals surface area contributed by atoms with Gasteiger partial charge >= 0.3 is 0 Å². The molecule has 0 spiro atoms. The molecule has 0 aromatic heterocycles. The van der Waals surface area contributed by atoms with Crippen molar-refractivity contribution in [2.45, 2.75) is 25.5 Å². The number of thioether (sulfide) groups is 1. The van der Waals surface area contributed by atoms with Crippen molar-refractivity contribution in [2.24, 2.45) is 4.99 Å². The van der Waals surface area contributed by atoms with Crippen LogP contribution < -0.4 is 10.6 Å². The minimum Gasteiger partial charge on any atom is -0.326 e. The van der Waals surface area contributed by atoms with E-state index in [9.17, 15) is 19.7 Å². The molecule has 0 radical (unpaired) electrons. The first kappa shape index (κ1) is 19.6. The molecule has 2 amide bonds. The van der Waals surface area contributed by atoms with E-state index in [1.807, 2.05) is 32.0 Å². The van der Waals surface area contributed by atoms with E-state index in [0.29, 0.717) is 10.9 Å². The van der Waals surface area contributed by atoms with Crippen LogP contribution in [0.25, 0.3) is 0 Å². The first-order valence-corrected chi connectivity index (χ1v) is 9.37. The number of carbonyl (C=O) groups is 2. The summed E-state index contributed by atoms with van der Waals surface area (Å²) in [6, 6.07) is 11.5. The zero-order valence-electron chi connectivity index (χ0n) is 15.3. The normalized spacial score (nSPS) is 17.4. The number of anilines is 1. The number of hydrogen-bond donors (Lipinski definition) is 2. The van der Waals surface area contributed by atoms with Crippen LogP contribution in [-0.4, -0.2) is 27.2 Å². The van der Waals surface area contributed by atoms with Crippen LogP contribution in [0.4, 0.5) is 17.1 Å². The first-order valence-electron chi connectivity index (χ1n) is 8.49. The zero-order chi connectivity index (χ0) is 20.3. The van der Waals surface area contributed by atoms with Crippen molar-refractivity contribution in [3.8, 4) is 0 Å². The standard InChI is InChI=1S/C19H18N4O4S/c1-11-6-7-12(2)15(8-11)21-19-22-18(25)16(28-19)10-17(24)20-13-4-3-5-14(9-13)23(26)27/h3-9,16H,10H2,1-2H3,(H,20,24)(H,21,22,25)/t16-/m0/s1. The van der Waals surface area contributed by atoms with Crippen molar-refractivity contribution >= 4 is 45.8 Å². The number of benzene rings is 2. The molecule has 1 aliphatic rings. The van der Waals surface area contributed by atoms with Gasteiger partial charge in [0.2, 0.25) is 11.8 Å². The summed E-state index contributed by atoms with van der Waals surface area (Å²) in [5.41, 5.74) is 3.01. The summed E-state index contributed by atoms with van der Waals surface area (Å²) in [4.78, 5) is 39.2. The summed E-state index contributed by atoms with van der Waals surface area (Å²) < 4.78 is 0. The molecule has 0 unspecified atom stereocenters. The lowest BCUT2D eigenvalue weighted by Crippen LogP contribution is -2.28. The van der Waals surface area contributed by atoms with Crippen molar-refractivity contribution in [3.63, 3.8) is 0 Å². The highest BCUT2D eigenvalue weighted by atomic mass is 32.2. The van der Waals surface area contributed by atoms with E-state index in [2.05, 4.69) is 15.6 Å². The molecule has 0 bridgehead atoms. The first-order chi connectivity index (χ1) is 13.3. The predicted molar refractivity (Wildman–Crippen MR) is 109 cm³/mol. The average molecular weight is 398 g/mol. The molecule has 3 rings (SSSR count). The Morgan fingerprint density at radius 3 is 2.82 bits per heavy atom. The van der Waals surface area contributed by atoms with E-state index in [4.69, 9.17) is 0 Å². The topological polar surface area (TPSA) is 114 Å². The summed E-state index contributed by atoms with van der Waals surface area (Å²) >= 11 is 1.20. The number of amides is 2. The second-order valence-corrected chi connectivity index (χ2v) is 7.55. The lowest BCUT2D eigenvalue weighted by molar-refractivity contribution is -0.384. The van der Waals surface area contributed by atoms with Gasteiger partial charge in [-0.25, -0.2) is 4.99 Å². The van der Waals surface area contributed by atoms with E-state index in [0.717, 1.165) is 16.8 Å². The minimum absolute atomic E-state index is 0.0645. The van der Waals surface area contributed by atoms with Crippen LogP contribution in [-0.2, 0) is 9.59 Å². The monoisotopic (exact) mass is 398 g/mol. The summed E-state index contributed by atoms with van der Waals surface area (Å²) in [5.74, 6) is -0.690. The molecule has 1 aliphatic heterocycles. The Morgan fingerprint density at radius 2 is 2.07 bits per heavy atom. The number of nitro benzene ring substituents is 1. The molecule has 2 aromatic rings. The van der Waals surface area contributed by atoms with Crippen LogP contribution in [0, 0.1) is 24.0 Å². The van der Waals surface area contributed by atoms with Gasteiger partial charge in [-0.2, -0.15) is 0 Å². The molecule has 144 valence electrons. The van der Waals surface area contributed by atoms with Crippen molar-refractivity contribution in [1.82, 2.24) is 5.32 Å². The molecule has 1 heterocycles. The van der Waals surface area contributed by atoms with E-state index < -0.39 is 16.1 Å². The van der Waals surface area contributed by atoms with Crippen molar-refractivity contribution in [3.05, 3.63) is 63.7 Å². The number of non-ortho nitro benzene ring substituents is 1. The lowest BCUT2D eigenvalue weighted by Gasteiger charge is -2.07. The molecule has 28 heavy (non-hydrogen) atoms. The van der Waals surface area contributed by atoms with Crippen LogP contribution in [0.2, 0.25) is 0 Å². The maximum absolute atomic E-state index is 12.2. The van der Waals surface area contributed by atoms with Gasteiger partial charge < -0.3 is 10.6 Å². The van der Waals surface area contributed by atoms with Gasteiger partial charge in [0.1, 0.15) is 5.25 Å². The average Bonchev–Trinajstić information content (AvgIpc) is 2.97. The van der Waals surface area contributed by atoms with Gasteiger partial charge in [0.15, 0.2) is 5.17 Å². The number of nitrogens with zero attached hydrogens (tertiary/aromatic N) is 2. The fourth-order valence-electron chi connectivity index (χ4n) is 2.62. The van der Waals surface area contributed by atoms with Crippen molar-refractivity contribution in [1.29, 1.82) is 0 Å². The predicted octanol–water partition coefficient (Wildman–Crippen LogP) is 3.46. The molecule has 2 N–H and O–H groups in total. The number of rotatable bonds is 5. The van der Waals surface area contributed by atoms with E-state index in [-0.39, 0.29) is 18.0 Å². The molecule has 0 saturated carbocycles. The Morgan fingerprint density at radius 1 is 1.29 bits per heavy atom. The Labute approximate surface area is 165 Å². The maximum Gasteiger partial charge on any atom is 0.271 e. The summed E-state index contributed by atoms with van der Waals surface area (Å²) in [5, 5.41) is 15.9. The number of nitrogens with one attached hydrogen (secondary N) is 2. The number of nitro groups is 1. The Kier molecular flexibility index (Phi) is 5.74. The molecule has 2 aromatic carbocycles. The van der Waals surface area contributed by atoms with Gasteiger partial charge in [-0.15, -0.1) is 0 Å². The highest BCUT2D eigenvalue weighted by molar-refractivity contribution is 8.15. The third-order valence-electron chi connectivity index (χ3n) is 4.07. The van der Waals surface area contributed by atoms with Gasteiger partial charge in [-0.1, -0.05) is 30.0 Å². The van der Waals surface area contributed by atoms with Gasteiger partial charge in [0.05, 0.1) is 10.6 Å². The minimum atomic E-state index is -0.609.